The Morgan fingerprint density at radius 3 is 1.67 bits per heavy atom. The van der Waals surface area contributed by atoms with Crippen LogP contribution < -0.4 is 5.32 Å². The number of phosphoric acid groups is 1. The fourth-order valence-electron chi connectivity index (χ4n) is 6.43. The van der Waals surface area contributed by atoms with Gasteiger partial charge in [-0.15, -0.1) is 0 Å². The predicted octanol–water partition coefficient (Wildman–Crippen LogP) is 5.80. The van der Waals surface area contributed by atoms with E-state index in [2.05, 4.69) is 37.4 Å². The highest BCUT2D eigenvalue weighted by molar-refractivity contribution is 7.47. The average molecular weight is 806 g/mol. The first-order chi connectivity index (χ1) is 26.3. The minimum absolute atomic E-state index is 0.259. The summed E-state index contributed by atoms with van der Waals surface area (Å²) in [5.41, 5.74) is 0. The molecule has 55 heavy (non-hydrogen) atoms. The summed E-state index contributed by atoms with van der Waals surface area (Å²) in [6.07, 6.45) is 20.1. The summed E-state index contributed by atoms with van der Waals surface area (Å²) in [4.78, 5) is 23.2. The molecular formula is C41H76NO12P. The van der Waals surface area contributed by atoms with E-state index in [1.165, 1.54) is 63.9 Å². The lowest BCUT2D eigenvalue weighted by Crippen LogP contribution is -2.64. The number of carbonyl (C=O) groups excluding carboxylic acids is 1. The quantitative estimate of drug-likeness (QED) is 0.0218. The molecule has 1 rings (SSSR count). The van der Waals surface area contributed by atoms with Crippen LogP contribution in [0.1, 0.15) is 155 Å². The molecule has 1 saturated carbocycles. The third-order valence-electron chi connectivity index (χ3n) is 9.93. The monoisotopic (exact) mass is 806 g/mol. The topological polar surface area (TPSA) is 226 Å². The number of aliphatic hydroxyl groups is 7. The lowest BCUT2D eigenvalue weighted by atomic mass is 9.85. The molecule has 0 spiro atoms. The molecule has 0 aromatic carbocycles. The second-order valence-corrected chi connectivity index (χ2v) is 16.4. The van der Waals surface area contributed by atoms with E-state index in [1.807, 2.05) is 6.08 Å². The van der Waals surface area contributed by atoms with Crippen molar-refractivity contribution in [3.8, 4) is 0 Å². The van der Waals surface area contributed by atoms with E-state index in [9.17, 15) is 50.0 Å². The van der Waals surface area contributed by atoms with Gasteiger partial charge in [-0.25, -0.2) is 4.57 Å². The Morgan fingerprint density at radius 1 is 0.636 bits per heavy atom. The van der Waals surface area contributed by atoms with Gasteiger partial charge in [0.05, 0.1) is 31.3 Å². The van der Waals surface area contributed by atoms with Gasteiger partial charge in [0.1, 0.15) is 36.6 Å². The van der Waals surface area contributed by atoms with Crippen molar-refractivity contribution in [1.29, 1.82) is 0 Å². The smallest absolute Gasteiger partial charge is 0.393 e. The number of nitrogens with one attached hydrogen (secondary N) is 1. The van der Waals surface area contributed by atoms with Crippen LogP contribution in [0.4, 0.5) is 0 Å². The second-order valence-electron chi connectivity index (χ2n) is 15.0. The molecule has 1 aliphatic rings. The number of aliphatic hydroxyl groups excluding tert-OH is 7. The molecule has 0 saturated heterocycles. The van der Waals surface area contributed by atoms with Gasteiger partial charge in [0.2, 0.25) is 5.91 Å². The number of allylic oxidation sites excluding steroid dienone is 5. The zero-order valence-corrected chi connectivity index (χ0v) is 34.5. The fraction of sp³-hybridized carbons (Fsp3) is 0.829. The van der Waals surface area contributed by atoms with Crippen molar-refractivity contribution < 1.29 is 59.0 Å². The first kappa shape index (κ1) is 51.5. The molecule has 0 heterocycles. The zero-order valence-electron chi connectivity index (χ0n) is 33.6. The van der Waals surface area contributed by atoms with Crippen LogP contribution in [0.2, 0.25) is 0 Å². The Labute approximate surface area is 330 Å². The van der Waals surface area contributed by atoms with Gasteiger partial charge in [-0.1, -0.05) is 134 Å². The number of rotatable bonds is 33. The number of amides is 1. The van der Waals surface area contributed by atoms with Crippen molar-refractivity contribution in [3.63, 3.8) is 0 Å². The van der Waals surface area contributed by atoms with E-state index in [1.54, 1.807) is 6.08 Å². The van der Waals surface area contributed by atoms with Gasteiger partial charge in [0.25, 0.3) is 0 Å². The minimum Gasteiger partial charge on any atom is -0.393 e. The summed E-state index contributed by atoms with van der Waals surface area (Å²) in [5.74, 6) is -0.614. The van der Waals surface area contributed by atoms with Crippen molar-refractivity contribution >= 4 is 13.7 Å². The molecule has 322 valence electrons. The van der Waals surface area contributed by atoms with Gasteiger partial charge in [-0.3, -0.25) is 13.8 Å². The summed E-state index contributed by atoms with van der Waals surface area (Å²) in [6, 6.07) is -1.26. The first-order valence-electron chi connectivity index (χ1n) is 21.0. The molecule has 0 aromatic rings. The van der Waals surface area contributed by atoms with Gasteiger partial charge < -0.3 is 46.0 Å². The highest BCUT2D eigenvalue weighted by atomic mass is 31.2. The Hall–Kier alpha value is -1.48. The van der Waals surface area contributed by atoms with Crippen molar-refractivity contribution in [1.82, 2.24) is 5.32 Å². The van der Waals surface area contributed by atoms with Gasteiger partial charge in [-0.05, 0) is 51.4 Å². The fourth-order valence-corrected chi connectivity index (χ4v) is 7.40. The van der Waals surface area contributed by atoms with Gasteiger partial charge >= 0.3 is 7.82 Å². The van der Waals surface area contributed by atoms with Crippen molar-refractivity contribution in [3.05, 3.63) is 36.5 Å². The first-order valence-corrected chi connectivity index (χ1v) is 22.5. The predicted molar refractivity (Wildman–Crippen MR) is 215 cm³/mol. The van der Waals surface area contributed by atoms with E-state index in [0.717, 1.165) is 64.2 Å². The molecule has 1 amide bonds. The highest BCUT2D eigenvalue weighted by Gasteiger charge is 2.51. The maximum Gasteiger partial charge on any atom is 0.472 e. The summed E-state index contributed by atoms with van der Waals surface area (Å²) in [6.45, 7) is 3.57. The number of unbranched alkanes of at least 4 members (excludes halogenated alkanes) is 16. The van der Waals surface area contributed by atoms with Crippen LogP contribution in [0.15, 0.2) is 36.5 Å². The van der Waals surface area contributed by atoms with E-state index < -0.39 is 75.2 Å². The molecule has 0 radical (unpaired) electrons. The summed E-state index contributed by atoms with van der Waals surface area (Å²) in [5, 5.41) is 73.9. The molecule has 14 heteroatoms. The van der Waals surface area contributed by atoms with Crippen LogP contribution >= 0.6 is 7.82 Å². The van der Waals surface area contributed by atoms with Crippen molar-refractivity contribution in [2.45, 2.75) is 210 Å². The number of carbonyl (C=O) groups is 1. The molecule has 0 aromatic heterocycles. The van der Waals surface area contributed by atoms with Gasteiger partial charge in [-0.2, -0.15) is 0 Å². The molecule has 8 unspecified atom stereocenters. The van der Waals surface area contributed by atoms with Gasteiger partial charge in [0.15, 0.2) is 0 Å². The SMILES string of the molecule is CCC/C=C/CC/C=C/C(O)C(COP(=O)(O)OC1C(O)C(O)C(O)C(O)C1O)NC(=O)CC(O)CCCCCCC/C=C\CCCCCCCCCCC. The Bertz CT molecular complexity index is 1090. The molecule has 13 nitrogen and oxygen atoms in total. The van der Waals surface area contributed by atoms with Crippen molar-refractivity contribution in [2.75, 3.05) is 6.61 Å². The van der Waals surface area contributed by atoms with Crippen LogP contribution in [0.3, 0.4) is 0 Å². The third-order valence-corrected chi connectivity index (χ3v) is 10.9. The number of hydrogen-bond donors (Lipinski definition) is 9. The molecule has 9 N–H and O–H groups in total. The highest BCUT2D eigenvalue weighted by Crippen LogP contribution is 2.47. The number of phosphoric ester groups is 1. The Morgan fingerprint density at radius 2 is 1.11 bits per heavy atom. The van der Waals surface area contributed by atoms with E-state index in [0.29, 0.717) is 12.8 Å². The molecule has 0 bridgehead atoms. The summed E-state index contributed by atoms with van der Waals surface area (Å²) in [7, 11) is -5.14. The van der Waals surface area contributed by atoms with Crippen molar-refractivity contribution in [2.24, 2.45) is 0 Å². The van der Waals surface area contributed by atoms with Gasteiger partial charge in [0, 0.05) is 0 Å². The van der Waals surface area contributed by atoms with Crippen LogP contribution in [0.5, 0.6) is 0 Å². The van der Waals surface area contributed by atoms with Crippen LogP contribution in [0, 0.1) is 0 Å². The Kier molecular flexibility index (Phi) is 29.5. The third kappa shape index (κ3) is 24.1. The Balaban J connectivity index is 2.49. The maximum absolute atomic E-state index is 12.9. The normalized spacial score (nSPS) is 24.8. The molecular weight excluding hydrogens is 729 g/mol. The molecule has 8 atom stereocenters. The molecule has 0 aliphatic heterocycles. The van der Waals surface area contributed by atoms with E-state index in [4.69, 9.17) is 9.05 Å². The molecule has 1 aliphatic carbocycles. The van der Waals surface area contributed by atoms with E-state index in [-0.39, 0.29) is 6.42 Å². The van der Waals surface area contributed by atoms with Crippen LogP contribution in [-0.2, 0) is 18.4 Å². The lowest BCUT2D eigenvalue weighted by molar-refractivity contribution is -0.220. The second kappa shape index (κ2) is 31.5. The van der Waals surface area contributed by atoms with E-state index >= 15 is 0 Å². The average Bonchev–Trinajstić information content (AvgIpc) is 3.15. The van der Waals surface area contributed by atoms with Crippen LogP contribution in [0.25, 0.3) is 0 Å². The standard InChI is InChI=1S/C41H76NO12P/c1-3-5-7-9-11-12-13-14-15-16-17-18-19-20-21-23-24-26-28-32(43)30-35(45)42-33(34(44)29-27-25-22-10-8-6-4-2)31-53-55(51,52)54-41-39(49)37(47)36(46)38(48)40(41)50/h8,10,17-18,27,29,32-34,36-41,43-44,46-50H,3-7,9,11-16,19-26,28,30-31H2,1-2H3,(H,42,45)(H,51,52)/b10-8+,18-17-,29-27+. The largest absolute Gasteiger partial charge is 0.472 e. The molecule has 1 fully saturated rings. The lowest BCUT2D eigenvalue weighted by Gasteiger charge is -2.41. The maximum atomic E-state index is 12.9. The minimum atomic E-state index is -5.14. The van der Waals surface area contributed by atoms with Crippen LogP contribution in [-0.4, -0.2) is 108 Å². The summed E-state index contributed by atoms with van der Waals surface area (Å²) >= 11 is 0. The summed E-state index contributed by atoms with van der Waals surface area (Å²) < 4.78 is 22.7. The number of hydrogen-bond acceptors (Lipinski definition) is 11. The zero-order chi connectivity index (χ0) is 40.9.